The molecule has 1 heterocycles. The molecule has 1 fully saturated rings. The summed E-state index contributed by atoms with van der Waals surface area (Å²) in [6, 6.07) is 24.2. The zero-order valence-corrected chi connectivity index (χ0v) is 22.8. The van der Waals surface area contributed by atoms with Crippen LogP contribution in [0, 0.1) is 0 Å². The molecule has 0 bridgehead atoms. The van der Waals surface area contributed by atoms with Crippen molar-refractivity contribution in [3.8, 4) is 5.75 Å². The first kappa shape index (κ1) is 26.0. The van der Waals surface area contributed by atoms with E-state index in [0.717, 1.165) is 34.3 Å². The number of aliphatic imine (C=N–C) groups is 1. The fourth-order valence-corrected chi connectivity index (χ4v) is 5.09. The van der Waals surface area contributed by atoms with Gasteiger partial charge in [0.25, 0.3) is 5.91 Å². The highest BCUT2D eigenvalue weighted by Gasteiger charge is 2.25. The van der Waals surface area contributed by atoms with Gasteiger partial charge in [0.2, 0.25) is 0 Å². The summed E-state index contributed by atoms with van der Waals surface area (Å²) in [6.07, 6.45) is 0.960. The van der Waals surface area contributed by atoms with Gasteiger partial charge in [-0.1, -0.05) is 88.8 Å². The van der Waals surface area contributed by atoms with E-state index < -0.39 is 0 Å². The van der Waals surface area contributed by atoms with E-state index >= 15 is 0 Å². The van der Waals surface area contributed by atoms with Crippen LogP contribution in [0.25, 0.3) is 0 Å². The van der Waals surface area contributed by atoms with Crippen LogP contribution in [0.3, 0.4) is 0 Å². The Morgan fingerprint density at radius 1 is 1.00 bits per heavy atom. The van der Waals surface area contributed by atoms with Crippen molar-refractivity contribution in [2.75, 3.05) is 12.3 Å². The smallest absolute Gasteiger partial charge is 0.259 e. The summed E-state index contributed by atoms with van der Waals surface area (Å²) in [7, 11) is 0. The molecule has 188 valence electrons. The number of carbonyl (C=O) groups excluding carboxylic acids is 1. The van der Waals surface area contributed by atoms with E-state index in [1.54, 1.807) is 11.8 Å². The Hall–Kier alpha value is -3.05. The van der Waals surface area contributed by atoms with Gasteiger partial charge in [0.1, 0.15) is 12.4 Å². The molecule has 0 atom stereocenters. The molecule has 4 rings (SSSR count). The van der Waals surface area contributed by atoms with Crippen LogP contribution >= 0.6 is 11.8 Å². The number of benzene rings is 3. The Morgan fingerprint density at radius 2 is 1.69 bits per heavy atom. The third-order valence-electron chi connectivity index (χ3n) is 6.33. The van der Waals surface area contributed by atoms with Gasteiger partial charge in [-0.2, -0.15) is 0 Å². The summed E-state index contributed by atoms with van der Waals surface area (Å²) in [4.78, 5) is 20.2. The number of para-hydroxylation sites is 1. The summed E-state index contributed by atoms with van der Waals surface area (Å²) in [5.41, 5.74) is 5.23. The lowest BCUT2D eigenvalue weighted by Crippen LogP contribution is -2.39. The maximum absolute atomic E-state index is 13.4. The van der Waals surface area contributed by atoms with Crippen molar-refractivity contribution in [3.63, 3.8) is 0 Å². The maximum Gasteiger partial charge on any atom is 0.259 e. The fourth-order valence-electron chi connectivity index (χ4n) is 4.14. The summed E-state index contributed by atoms with van der Waals surface area (Å²) >= 11 is 1.66. The predicted molar refractivity (Wildman–Crippen MR) is 152 cm³/mol. The third-order valence-corrected chi connectivity index (χ3v) is 7.40. The summed E-state index contributed by atoms with van der Waals surface area (Å²) in [6.45, 7) is 12.1. The van der Waals surface area contributed by atoms with E-state index in [4.69, 9.17) is 9.73 Å². The van der Waals surface area contributed by atoms with Crippen molar-refractivity contribution in [3.05, 3.63) is 95.1 Å². The minimum absolute atomic E-state index is 0.00628. The zero-order valence-electron chi connectivity index (χ0n) is 22.0. The van der Waals surface area contributed by atoms with Crippen molar-refractivity contribution in [1.82, 2.24) is 4.90 Å². The largest absolute Gasteiger partial charge is 0.489 e. The highest BCUT2D eigenvalue weighted by molar-refractivity contribution is 8.13. The lowest BCUT2D eigenvalue weighted by atomic mass is 9.87. The van der Waals surface area contributed by atoms with Gasteiger partial charge in [0, 0.05) is 17.9 Å². The molecule has 0 saturated carbocycles. The summed E-state index contributed by atoms with van der Waals surface area (Å²) in [5, 5.41) is 0.783. The minimum atomic E-state index is -0.00628. The summed E-state index contributed by atoms with van der Waals surface area (Å²) in [5.74, 6) is 2.18. The van der Waals surface area contributed by atoms with E-state index in [1.807, 2.05) is 59.5 Å². The molecule has 1 aliphatic heterocycles. The van der Waals surface area contributed by atoms with Crippen LogP contribution in [-0.4, -0.2) is 28.3 Å². The van der Waals surface area contributed by atoms with Gasteiger partial charge >= 0.3 is 0 Å². The predicted octanol–water partition coefficient (Wildman–Crippen LogP) is 7.95. The van der Waals surface area contributed by atoms with Crippen molar-refractivity contribution >= 4 is 28.5 Å². The lowest BCUT2D eigenvalue weighted by Gasteiger charge is -2.28. The molecule has 0 aromatic heterocycles. The van der Waals surface area contributed by atoms with Gasteiger partial charge in [0.05, 0.1) is 5.69 Å². The topological polar surface area (TPSA) is 41.9 Å². The Balaban J connectivity index is 1.44. The molecule has 36 heavy (non-hydrogen) atoms. The van der Waals surface area contributed by atoms with Crippen LogP contribution in [0.2, 0.25) is 0 Å². The normalized spacial score (nSPS) is 15.4. The van der Waals surface area contributed by atoms with Gasteiger partial charge in [-0.3, -0.25) is 9.69 Å². The van der Waals surface area contributed by atoms with Crippen molar-refractivity contribution in [1.29, 1.82) is 0 Å². The molecule has 0 radical (unpaired) electrons. The Kier molecular flexibility index (Phi) is 8.20. The van der Waals surface area contributed by atoms with Crippen LogP contribution < -0.4 is 4.74 Å². The van der Waals surface area contributed by atoms with Crippen LogP contribution in [0.1, 0.15) is 74.0 Å². The molecular weight excluding hydrogens is 464 g/mol. The first-order valence-electron chi connectivity index (χ1n) is 12.7. The number of carbonyl (C=O) groups is 1. The number of ether oxygens (including phenoxy) is 1. The van der Waals surface area contributed by atoms with E-state index in [9.17, 15) is 4.79 Å². The third kappa shape index (κ3) is 6.38. The van der Waals surface area contributed by atoms with E-state index in [2.05, 4.69) is 52.8 Å². The molecule has 3 aromatic rings. The molecular formula is C31H36N2O2S. The molecule has 5 heteroatoms. The Labute approximate surface area is 219 Å². The number of amidine groups is 1. The molecule has 1 saturated heterocycles. The second-order valence-corrected chi connectivity index (χ2v) is 11.6. The lowest BCUT2D eigenvalue weighted by molar-refractivity contribution is 0.0849. The highest BCUT2D eigenvalue weighted by atomic mass is 32.2. The maximum atomic E-state index is 13.4. The Morgan fingerprint density at radius 3 is 2.36 bits per heavy atom. The molecule has 0 spiro atoms. The number of amides is 1. The average Bonchev–Trinajstić information content (AvgIpc) is 2.87. The molecule has 3 aromatic carbocycles. The molecule has 0 N–H and O–H groups in total. The molecule has 4 nitrogen and oxygen atoms in total. The van der Waals surface area contributed by atoms with E-state index in [-0.39, 0.29) is 11.3 Å². The van der Waals surface area contributed by atoms with Crippen molar-refractivity contribution in [2.24, 2.45) is 4.99 Å². The van der Waals surface area contributed by atoms with Gasteiger partial charge in [0.15, 0.2) is 5.17 Å². The first-order chi connectivity index (χ1) is 17.2. The second kappa shape index (κ2) is 11.3. The number of hydrogen-bond donors (Lipinski definition) is 0. The molecule has 0 unspecified atom stereocenters. The van der Waals surface area contributed by atoms with Gasteiger partial charge in [-0.15, -0.1) is 0 Å². The second-order valence-electron chi connectivity index (χ2n) is 10.5. The van der Waals surface area contributed by atoms with Crippen LogP contribution in [0.4, 0.5) is 5.69 Å². The van der Waals surface area contributed by atoms with Gasteiger partial charge in [-0.25, -0.2) is 4.99 Å². The first-order valence-corrected chi connectivity index (χ1v) is 13.7. The molecule has 1 aliphatic rings. The SMILES string of the molecule is CC(C)c1ccccc1N=C1SCCCN1C(=O)c1ccc(COc2ccc(C(C)(C)C)cc2)cc1. The van der Waals surface area contributed by atoms with Gasteiger partial charge < -0.3 is 4.74 Å². The van der Waals surface area contributed by atoms with E-state index in [1.165, 1.54) is 11.1 Å². The number of hydrogen-bond acceptors (Lipinski definition) is 4. The zero-order chi connectivity index (χ0) is 25.7. The molecule has 0 aliphatic carbocycles. The van der Waals surface area contributed by atoms with E-state index in [0.29, 0.717) is 24.6 Å². The minimum Gasteiger partial charge on any atom is -0.489 e. The standard InChI is InChI=1S/C31H36N2O2S/c1-22(2)27-9-6-7-10-28(27)32-30-33(19-8-20-36-30)29(34)24-13-11-23(12-14-24)21-35-26-17-15-25(16-18-26)31(3,4)5/h6-7,9-18,22H,8,19-21H2,1-5H3. The van der Waals surface area contributed by atoms with Crippen molar-refractivity contribution in [2.45, 2.75) is 59.0 Å². The van der Waals surface area contributed by atoms with Crippen LogP contribution in [0.15, 0.2) is 77.8 Å². The van der Waals surface area contributed by atoms with Crippen molar-refractivity contribution < 1.29 is 9.53 Å². The fraction of sp³-hybridized carbons (Fsp3) is 0.355. The number of rotatable bonds is 6. The summed E-state index contributed by atoms with van der Waals surface area (Å²) < 4.78 is 5.97. The van der Waals surface area contributed by atoms with Gasteiger partial charge in [-0.05, 0) is 64.8 Å². The quantitative estimate of drug-likeness (QED) is 0.345. The average molecular weight is 501 g/mol. The molecule has 1 amide bonds. The number of thioether (sulfide) groups is 1. The monoisotopic (exact) mass is 500 g/mol. The number of nitrogens with zero attached hydrogens (tertiary/aromatic N) is 2. The Bertz CT molecular complexity index is 1210. The van der Waals surface area contributed by atoms with Crippen LogP contribution in [-0.2, 0) is 12.0 Å². The van der Waals surface area contributed by atoms with Crippen LogP contribution in [0.5, 0.6) is 5.75 Å². The highest BCUT2D eigenvalue weighted by Crippen LogP contribution is 2.30.